The van der Waals surface area contributed by atoms with Gasteiger partial charge in [0.15, 0.2) is 0 Å². The highest BCUT2D eigenvalue weighted by Crippen LogP contribution is 2.25. The summed E-state index contributed by atoms with van der Waals surface area (Å²) in [6.45, 7) is 6.71. The average Bonchev–Trinajstić information content (AvgIpc) is 2.45. The van der Waals surface area contributed by atoms with Gasteiger partial charge in [-0.25, -0.2) is 5.01 Å². The summed E-state index contributed by atoms with van der Waals surface area (Å²) in [6.07, 6.45) is 1.59. The molecule has 1 fully saturated rings. The molecule has 88 valence electrons. The molecule has 0 spiro atoms. The number of aliphatic hydroxyl groups excluding tert-OH is 1. The number of hydrogen-bond acceptors (Lipinski definition) is 3. The van der Waals surface area contributed by atoms with Gasteiger partial charge in [0.2, 0.25) is 5.91 Å². The normalized spacial score (nSPS) is 23.9. The lowest BCUT2D eigenvalue weighted by molar-refractivity contribution is -0.140. The fourth-order valence-corrected chi connectivity index (χ4v) is 1.88. The van der Waals surface area contributed by atoms with E-state index in [4.69, 9.17) is 0 Å². The zero-order valence-electron chi connectivity index (χ0n) is 10.2. The zero-order chi connectivity index (χ0) is 11.6. The van der Waals surface area contributed by atoms with Crippen LogP contribution in [0.3, 0.4) is 0 Å². The van der Waals surface area contributed by atoms with Crippen LogP contribution in [0, 0.1) is 5.41 Å². The van der Waals surface area contributed by atoms with Crippen molar-refractivity contribution in [3.05, 3.63) is 0 Å². The minimum atomic E-state index is -0.230. The monoisotopic (exact) mass is 214 g/mol. The number of hydrogen-bond donors (Lipinski definition) is 1. The van der Waals surface area contributed by atoms with Crippen molar-refractivity contribution < 1.29 is 9.90 Å². The van der Waals surface area contributed by atoms with E-state index in [0.717, 1.165) is 6.42 Å². The third-order valence-corrected chi connectivity index (χ3v) is 3.08. The molecule has 15 heavy (non-hydrogen) atoms. The number of nitrogens with zero attached hydrogens (tertiary/aromatic N) is 2. The Balaban J connectivity index is 2.66. The second kappa shape index (κ2) is 4.49. The summed E-state index contributed by atoms with van der Waals surface area (Å²) < 4.78 is 0. The molecule has 0 radical (unpaired) electrons. The molecule has 0 aromatic heterocycles. The third kappa shape index (κ3) is 2.69. The topological polar surface area (TPSA) is 43.8 Å². The van der Waals surface area contributed by atoms with Gasteiger partial charge in [0.25, 0.3) is 0 Å². The second-order valence-corrected chi connectivity index (χ2v) is 5.11. The van der Waals surface area contributed by atoms with Gasteiger partial charge in [0.05, 0.1) is 0 Å². The van der Waals surface area contributed by atoms with Gasteiger partial charge in [-0.2, -0.15) is 0 Å². The molecular formula is C11H22N2O2. The second-order valence-electron chi connectivity index (χ2n) is 5.11. The van der Waals surface area contributed by atoms with E-state index in [2.05, 4.69) is 6.92 Å². The molecule has 1 heterocycles. The summed E-state index contributed by atoms with van der Waals surface area (Å²) >= 11 is 0. The molecule has 1 saturated heterocycles. The van der Waals surface area contributed by atoms with Crippen molar-refractivity contribution in [1.82, 2.24) is 10.0 Å². The standard InChI is InChI=1S/C11H22N2O2/c1-5-9-6-10(15)13(12(9)4)7-11(2,3)8-14/h9,14H,5-8H2,1-4H3. The van der Waals surface area contributed by atoms with Gasteiger partial charge >= 0.3 is 0 Å². The quantitative estimate of drug-likeness (QED) is 0.755. The highest BCUT2D eigenvalue weighted by Gasteiger charge is 2.36. The summed E-state index contributed by atoms with van der Waals surface area (Å²) in [4.78, 5) is 11.8. The average molecular weight is 214 g/mol. The molecule has 0 aromatic carbocycles. The number of aliphatic hydroxyl groups is 1. The molecule has 0 aliphatic carbocycles. The van der Waals surface area contributed by atoms with Crippen molar-refractivity contribution in [3.8, 4) is 0 Å². The van der Waals surface area contributed by atoms with Crippen LogP contribution in [0.5, 0.6) is 0 Å². The lowest BCUT2D eigenvalue weighted by Crippen LogP contribution is -2.45. The van der Waals surface area contributed by atoms with Gasteiger partial charge in [0.1, 0.15) is 0 Å². The first-order valence-electron chi connectivity index (χ1n) is 5.55. The summed E-state index contributed by atoms with van der Waals surface area (Å²) in [5.74, 6) is 0.172. The van der Waals surface area contributed by atoms with E-state index in [1.165, 1.54) is 0 Å². The van der Waals surface area contributed by atoms with Crippen molar-refractivity contribution in [2.75, 3.05) is 20.2 Å². The lowest BCUT2D eigenvalue weighted by atomic mass is 9.95. The SMILES string of the molecule is CCC1CC(=O)N(CC(C)(C)CO)N1C. The molecule has 4 nitrogen and oxygen atoms in total. The predicted molar refractivity (Wildman–Crippen MR) is 59.0 cm³/mol. The van der Waals surface area contributed by atoms with E-state index in [-0.39, 0.29) is 17.9 Å². The van der Waals surface area contributed by atoms with Gasteiger partial charge in [-0.1, -0.05) is 20.8 Å². The van der Waals surface area contributed by atoms with Crippen LogP contribution in [-0.2, 0) is 4.79 Å². The van der Waals surface area contributed by atoms with Crippen LogP contribution in [0.15, 0.2) is 0 Å². The first-order valence-corrected chi connectivity index (χ1v) is 5.55. The van der Waals surface area contributed by atoms with Gasteiger partial charge in [-0.3, -0.25) is 9.80 Å². The molecule has 0 aromatic rings. The van der Waals surface area contributed by atoms with Crippen LogP contribution < -0.4 is 0 Å². The Bertz CT molecular complexity index is 241. The van der Waals surface area contributed by atoms with Crippen LogP contribution in [0.1, 0.15) is 33.6 Å². The molecule has 1 N–H and O–H groups in total. The van der Waals surface area contributed by atoms with Crippen molar-refractivity contribution in [2.45, 2.75) is 39.7 Å². The van der Waals surface area contributed by atoms with E-state index in [0.29, 0.717) is 19.0 Å². The van der Waals surface area contributed by atoms with Crippen molar-refractivity contribution in [2.24, 2.45) is 5.41 Å². The van der Waals surface area contributed by atoms with Gasteiger partial charge in [-0.15, -0.1) is 0 Å². The number of carbonyl (C=O) groups excluding carboxylic acids is 1. The van der Waals surface area contributed by atoms with E-state index in [1.54, 1.807) is 5.01 Å². The summed E-state index contributed by atoms with van der Waals surface area (Å²) in [7, 11) is 1.95. The zero-order valence-corrected chi connectivity index (χ0v) is 10.2. The predicted octanol–water partition coefficient (Wildman–Crippen LogP) is 0.863. The van der Waals surface area contributed by atoms with Crippen LogP contribution in [0.25, 0.3) is 0 Å². The number of carbonyl (C=O) groups is 1. The fraction of sp³-hybridized carbons (Fsp3) is 0.909. The van der Waals surface area contributed by atoms with Crippen molar-refractivity contribution in [3.63, 3.8) is 0 Å². The highest BCUT2D eigenvalue weighted by molar-refractivity contribution is 5.78. The lowest BCUT2D eigenvalue weighted by Gasteiger charge is -2.34. The van der Waals surface area contributed by atoms with Crippen LogP contribution >= 0.6 is 0 Å². The Morgan fingerprint density at radius 2 is 2.13 bits per heavy atom. The Hall–Kier alpha value is -0.610. The smallest absolute Gasteiger partial charge is 0.238 e. The van der Waals surface area contributed by atoms with Gasteiger partial charge in [-0.05, 0) is 6.42 Å². The van der Waals surface area contributed by atoms with Gasteiger partial charge in [0, 0.05) is 38.1 Å². The summed E-state index contributed by atoms with van der Waals surface area (Å²) in [5, 5.41) is 13.0. The van der Waals surface area contributed by atoms with E-state index in [1.807, 2.05) is 25.9 Å². The largest absolute Gasteiger partial charge is 0.396 e. The summed E-state index contributed by atoms with van der Waals surface area (Å²) in [5.41, 5.74) is -0.230. The van der Waals surface area contributed by atoms with Crippen molar-refractivity contribution in [1.29, 1.82) is 0 Å². The van der Waals surface area contributed by atoms with E-state index < -0.39 is 0 Å². The molecule has 1 aliphatic heterocycles. The Labute approximate surface area is 91.8 Å². The maximum atomic E-state index is 11.8. The minimum absolute atomic E-state index is 0.0986. The number of hydrazine groups is 1. The van der Waals surface area contributed by atoms with Crippen LogP contribution in [0.4, 0.5) is 0 Å². The van der Waals surface area contributed by atoms with Gasteiger partial charge < -0.3 is 5.11 Å². The molecule has 4 heteroatoms. The molecule has 0 bridgehead atoms. The molecular weight excluding hydrogens is 192 g/mol. The maximum absolute atomic E-state index is 11.8. The molecule has 1 rings (SSSR count). The Morgan fingerprint density at radius 1 is 1.53 bits per heavy atom. The first kappa shape index (κ1) is 12.5. The van der Waals surface area contributed by atoms with E-state index in [9.17, 15) is 9.90 Å². The third-order valence-electron chi connectivity index (χ3n) is 3.08. The maximum Gasteiger partial charge on any atom is 0.238 e. The molecule has 1 amide bonds. The molecule has 1 unspecified atom stereocenters. The minimum Gasteiger partial charge on any atom is -0.396 e. The van der Waals surface area contributed by atoms with Crippen LogP contribution in [0.2, 0.25) is 0 Å². The fourth-order valence-electron chi connectivity index (χ4n) is 1.88. The first-order chi connectivity index (χ1) is 6.91. The molecule has 0 saturated carbocycles. The highest BCUT2D eigenvalue weighted by atomic mass is 16.3. The summed E-state index contributed by atoms with van der Waals surface area (Å²) in [6, 6.07) is 0.326. The number of amides is 1. The molecule has 1 aliphatic rings. The molecule has 1 atom stereocenters. The number of rotatable bonds is 4. The Morgan fingerprint density at radius 3 is 2.53 bits per heavy atom. The van der Waals surface area contributed by atoms with E-state index >= 15 is 0 Å². The van der Waals surface area contributed by atoms with Crippen LogP contribution in [-0.4, -0.2) is 47.3 Å². The Kier molecular flexibility index (Phi) is 3.73. The van der Waals surface area contributed by atoms with Crippen molar-refractivity contribution >= 4 is 5.91 Å².